The summed E-state index contributed by atoms with van der Waals surface area (Å²) in [5, 5.41) is 23.7. The zero-order valence-corrected chi connectivity index (χ0v) is 82.9. The standard InChI is InChI=1S/C55H35NS.C47H31N.C41H27N/c1-55(2)48-19-7-5-15-39(48)44-30-46-45-28-32(33-22-26-53-47(29-33)40-16-6-8-20-52(40)57-53)21-25-50(45)56(51(46)31-49(44)55)35-12-9-11-34(27-35)36-23-24-43-38-14-4-3-13-37(38)42-18-10-17-41(36)54(42)43;1-47(2)41-17-8-7-14-35(41)39-26-40-44(27-42(39)47)48(43-25-20-28-10-3-4-11-32(28)46(40)43)30-21-18-29(19-22-30)31-23-24-38-34-13-6-5-12-33(34)37-16-9-15-36(31)45(37)38;1-41(2)34-17-8-7-14-28(34)32-22-33-38(23-35(32)41)42(37-20-18-24-10-3-4-11-25(24)40(33)37)36-21-19-30-27-13-6-5-12-26(27)29-15-9-16-31(36)39(29)30/h3-31H,1-2H3;3-27H,1-2H3;3-23H,1-2H3. The second-order valence-corrected chi connectivity index (χ2v) is 44.1. The van der Waals surface area contributed by atoms with Gasteiger partial charge in [0.25, 0.3) is 0 Å². The van der Waals surface area contributed by atoms with Gasteiger partial charge in [0.05, 0.1) is 38.8 Å². The van der Waals surface area contributed by atoms with Gasteiger partial charge >= 0.3 is 0 Å². The summed E-state index contributed by atoms with van der Waals surface area (Å²) in [7, 11) is 0. The third kappa shape index (κ3) is 11.5. The first kappa shape index (κ1) is 82.7. The Morgan fingerprint density at radius 3 is 1.03 bits per heavy atom. The van der Waals surface area contributed by atoms with Gasteiger partial charge in [-0.25, -0.2) is 0 Å². The van der Waals surface area contributed by atoms with Gasteiger partial charge in [-0.3, -0.25) is 0 Å². The molecule has 34 rings (SSSR count). The summed E-state index contributed by atoms with van der Waals surface area (Å²) in [5.74, 6) is 0. The van der Waals surface area contributed by atoms with Gasteiger partial charge in [0, 0.05) is 85.5 Å². The molecule has 0 N–H and O–H groups in total. The van der Waals surface area contributed by atoms with Crippen molar-refractivity contribution < 1.29 is 0 Å². The molecule has 24 aromatic carbocycles. The van der Waals surface area contributed by atoms with Crippen LogP contribution in [0.2, 0.25) is 0 Å². The van der Waals surface area contributed by atoms with Gasteiger partial charge < -0.3 is 13.7 Å². The van der Waals surface area contributed by atoms with Crippen LogP contribution in [-0.2, 0) is 16.2 Å². The Balaban J connectivity index is 0.0000000992. The van der Waals surface area contributed by atoms with Crippen molar-refractivity contribution in [2.45, 2.75) is 57.8 Å². The van der Waals surface area contributed by atoms with E-state index in [1.807, 2.05) is 11.3 Å². The van der Waals surface area contributed by atoms with Crippen molar-refractivity contribution in [2.75, 3.05) is 0 Å². The SMILES string of the molecule is CC1(C)c2ccccc2-c2cc3c4c5ccccc5ccc4n(-c4ccc(-c5ccc6c7c(cccc57)-c5ccccc5-6)cc4)c3cc21.CC1(C)c2ccccc2-c2cc3c4c5ccccc5ccc4n(-c4ccc5c6c(cccc46)-c4ccccc4-5)c3cc21.CC1(C)c2ccccc2-c2cc3c4cc(-c5ccc6sc7ccccc7c6c5)ccc4n(-c4cccc(-c5ccc6c7c(cccc57)-c5ccccc5-6)c4)c3cc21. The molecule has 0 fully saturated rings. The first-order valence-electron chi connectivity index (χ1n) is 51.7. The van der Waals surface area contributed by atoms with Gasteiger partial charge in [-0.05, 0) is 325 Å². The van der Waals surface area contributed by atoms with Crippen LogP contribution in [0, 0.1) is 0 Å². The molecule has 0 radical (unpaired) electrons. The summed E-state index contributed by atoms with van der Waals surface area (Å²) in [6.07, 6.45) is 0. The van der Waals surface area contributed by atoms with E-state index in [1.165, 1.54) is 323 Å². The van der Waals surface area contributed by atoms with Crippen LogP contribution < -0.4 is 0 Å². The number of hydrogen-bond acceptors (Lipinski definition) is 1. The first-order valence-corrected chi connectivity index (χ1v) is 52.6. The van der Waals surface area contributed by atoms with E-state index in [9.17, 15) is 0 Å². The fourth-order valence-corrected chi connectivity index (χ4v) is 28.9. The highest BCUT2D eigenvalue weighted by atomic mass is 32.1. The van der Waals surface area contributed by atoms with Crippen LogP contribution in [0.3, 0.4) is 0 Å². The van der Waals surface area contributed by atoms with Gasteiger partial charge in [-0.2, -0.15) is 0 Å². The number of thiophene rings is 1. The minimum atomic E-state index is -0.102. The maximum Gasteiger partial charge on any atom is 0.0547 e. The number of hydrogen-bond donors (Lipinski definition) is 0. The van der Waals surface area contributed by atoms with Crippen LogP contribution in [0.5, 0.6) is 0 Å². The average molecular weight is 1890 g/mol. The molecule has 0 spiro atoms. The van der Waals surface area contributed by atoms with Crippen molar-refractivity contribution >= 4 is 151 Å². The van der Waals surface area contributed by atoms with Gasteiger partial charge in [0.2, 0.25) is 0 Å². The lowest BCUT2D eigenvalue weighted by Crippen LogP contribution is -2.15. The monoisotopic (exact) mass is 1880 g/mol. The molecule has 6 aliphatic rings. The molecule has 686 valence electrons. The summed E-state index contributed by atoms with van der Waals surface area (Å²) in [4.78, 5) is 0. The Bertz CT molecular complexity index is 10700. The van der Waals surface area contributed by atoms with Gasteiger partial charge in [-0.1, -0.05) is 387 Å². The molecule has 4 heteroatoms. The summed E-state index contributed by atoms with van der Waals surface area (Å²) >= 11 is 1.87. The first-order chi connectivity index (χ1) is 72.2. The van der Waals surface area contributed by atoms with E-state index >= 15 is 0 Å². The highest BCUT2D eigenvalue weighted by Gasteiger charge is 2.41. The van der Waals surface area contributed by atoms with Crippen molar-refractivity contribution in [1.82, 2.24) is 13.7 Å². The third-order valence-electron chi connectivity index (χ3n) is 34.6. The molecule has 6 aliphatic carbocycles. The fraction of sp³-hybridized carbons (Fsp3) is 0.0629. The molecule has 3 nitrogen and oxygen atoms in total. The molecule has 4 heterocycles. The van der Waals surface area contributed by atoms with E-state index in [0.717, 1.165) is 0 Å². The molecule has 0 aliphatic heterocycles. The second-order valence-electron chi connectivity index (χ2n) is 43.0. The van der Waals surface area contributed by atoms with Crippen LogP contribution in [0.4, 0.5) is 0 Å². The predicted molar refractivity (Wildman–Crippen MR) is 625 cm³/mol. The summed E-state index contributed by atoms with van der Waals surface area (Å²) in [6, 6.07) is 171. The lowest BCUT2D eigenvalue weighted by molar-refractivity contribution is 0.661. The lowest BCUT2D eigenvalue weighted by Gasteiger charge is -2.22. The Morgan fingerprint density at radius 1 is 0.156 bits per heavy atom. The number of aromatic nitrogens is 3. The van der Waals surface area contributed by atoms with E-state index in [0.29, 0.717) is 0 Å². The Labute approximate surface area is 854 Å². The van der Waals surface area contributed by atoms with Crippen molar-refractivity contribution in [3.05, 3.63) is 488 Å². The Hall–Kier alpha value is -17.8. The molecule has 0 amide bonds. The molecule has 0 saturated heterocycles. The van der Waals surface area contributed by atoms with E-state index in [-0.39, 0.29) is 16.2 Å². The normalized spacial score (nSPS) is 13.8. The average Bonchev–Trinajstić information content (AvgIpc) is 1.54. The predicted octanol–water partition coefficient (Wildman–Crippen LogP) is 39.3. The molecule has 4 aromatic heterocycles. The minimum absolute atomic E-state index is 0.0624. The van der Waals surface area contributed by atoms with Gasteiger partial charge in [0.1, 0.15) is 0 Å². The molecule has 0 atom stereocenters. The summed E-state index contributed by atoms with van der Waals surface area (Å²) < 4.78 is 10.2. The summed E-state index contributed by atoms with van der Waals surface area (Å²) in [5.41, 5.74) is 50.9. The highest BCUT2D eigenvalue weighted by molar-refractivity contribution is 7.25. The van der Waals surface area contributed by atoms with E-state index < -0.39 is 0 Å². The van der Waals surface area contributed by atoms with Crippen LogP contribution in [0.15, 0.2) is 455 Å². The highest BCUT2D eigenvalue weighted by Crippen LogP contribution is 2.60. The summed E-state index contributed by atoms with van der Waals surface area (Å²) in [6.45, 7) is 14.3. The molecule has 0 saturated carbocycles. The quantitative estimate of drug-likeness (QED) is 0.158. The molecule has 147 heavy (non-hydrogen) atoms. The van der Waals surface area contributed by atoms with Crippen LogP contribution in [-0.4, -0.2) is 13.7 Å². The Morgan fingerprint density at radius 2 is 0.503 bits per heavy atom. The van der Waals surface area contributed by atoms with Crippen LogP contribution in [0.25, 0.3) is 290 Å². The Kier molecular flexibility index (Phi) is 17.0. The molecule has 28 aromatic rings. The number of fused-ring (bicyclic) bond motifs is 34. The van der Waals surface area contributed by atoms with E-state index in [4.69, 9.17) is 0 Å². The van der Waals surface area contributed by atoms with Crippen LogP contribution >= 0.6 is 11.3 Å². The van der Waals surface area contributed by atoms with E-state index in [2.05, 4.69) is 510 Å². The van der Waals surface area contributed by atoms with Crippen molar-refractivity contribution in [3.8, 4) is 151 Å². The molecular formula is C143H93N3S. The maximum atomic E-state index is 2.54. The van der Waals surface area contributed by atoms with E-state index in [1.54, 1.807) is 0 Å². The molecule has 0 unspecified atom stereocenters. The zero-order chi connectivity index (χ0) is 97.0. The van der Waals surface area contributed by atoms with Gasteiger partial charge in [0.15, 0.2) is 0 Å². The minimum Gasteiger partial charge on any atom is -0.309 e. The largest absolute Gasteiger partial charge is 0.309 e. The van der Waals surface area contributed by atoms with Crippen molar-refractivity contribution in [3.63, 3.8) is 0 Å². The molecule has 0 bridgehead atoms. The third-order valence-corrected chi connectivity index (χ3v) is 35.8. The fourth-order valence-electron chi connectivity index (χ4n) is 27.8. The molecular weight excluding hydrogens is 1790 g/mol. The smallest absolute Gasteiger partial charge is 0.0547 e. The maximum absolute atomic E-state index is 2.54. The van der Waals surface area contributed by atoms with Crippen LogP contribution in [0.1, 0.15) is 74.9 Å². The van der Waals surface area contributed by atoms with Crippen molar-refractivity contribution in [1.29, 1.82) is 0 Å². The number of nitrogens with zero attached hydrogens (tertiary/aromatic N) is 3. The van der Waals surface area contributed by atoms with Crippen molar-refractivity contribution in [2.24, 2.45) is 0 Å². The zero-order valence-electron chi connectivity index (χ0n) is 82.1. The lowest BCUT2D eigenvalue weighted by atomic mass is 9.82. The topological polar surface area (TPSA) is 14.8 Å². The number of benzene rings is 24. The van der Waals surface area contributed by atoms with Gasteiger partial charge in [-0.15, -0.1) is 11.3 Å². The number of rotatable bonds is 6. The second kappa shape index (κ2) is 30.2.